The Bertz CT molecular complexity index is 1440. The molecule has 0 aromatic heterocycles. The highest BCUT2D eigenvalue weighted by molar-refractivity contribution is 6.34. The number of halogens is 3. The molecule has 0 unspecified atom stereocenters. The summed E-state index contributed by atoms with van der Waals surface area (Å²) in [5.41, 5.74) is 1.35. The molecule has 3 aliphatic rings. The molecule has 2 heterocycles. The Morgan fingerprint density at radius 3 is 2.66 bits per heavy atom. The molecule has 6 rings (SSSR count). The third-order valence-electron chi connectivity index (χ3n) is 8.39. The fourth-order valence-electron chi connectivity index (χ4n) is 6.53. The average molecular weight is 539 g/mol. The topological polar surface area (TPSA) is 70.6 Å². The number of aliphatic hydroxyl groups is 1. The van der Waals surface area contributed by atoms with Crippen LogP contribution in [-0.4, -0.2) is 30.6 Å². The number of aliphatic hydroxyl groups excluding tert-OH is 1. The Balaban J connectivity index is 1.61. The van der Waals surface area contributed by atoms with Crippen LogP contribution in [0.3, 0.4) is 0 Å². The fourth-order valence-corrected chi connectivity index (χ4v) is 6.79. The summed E-state index contributed by atoms with van der Waals surface area (Å²) in [6, 6.07) is 12.5. The van der Waals surface area contributed by atoms with E-state index in [1.54, 1.807) is 6.07 Å². The molecule has 4 atom stereocenters. The Morgan fingerprint density at radius 1 is 1.21 bits per heavy atom. The molecule has 2 aliphatic heterocycles. The number of carbonyl (C=O) groups is 1. The van der Waals surface area contributed by atoms with Gasteiger partial charge in [-0.15, -0.1) is 0 Å². The molecule has 0 radical (unpaired) electrons. The SMILES string of the molecule is CNC(=O)c1cc2c(c(F)c1-c1c(Cl)c(F)cc3c1C[C@](c1ccccc1)([C@@H]1CCCN1)O3)[C@H](O)[C@@H](C)C2. The van der Waals surface area contributed by atoms with Gasteiger partial charge in [0, 0.05) is 41.8 Å². The normalized spacial score (nSPS) is 25.7. The Morgan fingerprint density at radius 2 is 1.97 bits per heavy atom. The van der Waals surface area contributed by atoms with Crippen molar-refractivity contribution in [1.82, 2.24) is 10.6 Å². The van der Waals surface area contributed by atoms with Crippen LogP contribution in [0.4, 0.5) is 8.78 Å². The largest absolute Gasteiger partial charge is 0.480 e. The van der Waals surface area contributed by atoms with Crippen molar-refractivity contribution in [1.29, 1.82) is 0 Å². The minimum Gasteiger partial charge on any atom is -0.480 e. The molecule has 0 saturated carbocycles. The third kappa shape index (κ3) is 3.67. The zero-order chi connectivity index (χ0) is 26.8. The minimum absolute atomic E-state index is 0.0518. The van der Waals surface area contributed by atoms with E-state index in [0.29, 0.717) is 24.0 Å². The lowest BCUT2D eigenvalue weighted by Crippen LogP contribution is -2.48. The van der Waals surface area contributed by atoms with E-state index in [0.717, 1.165) is 24.9 Å². The van der Waals surface area contributed by atoms with E-state index in [4.69, 9.17) is 16.3 Å². The maximum Gasteiger partial charge on any atom is 0.251 e. The van der Waals surface area contributed by atoms with E-state index in [2.05, 4.69) is 10.6 Å². The van der Waals surface area contributed by atoms with Gasteiger partial charge < -0.3 is 20.5 Å². The number of ether oxygens (including phenoxy) is 1. The lowest BCUT2D eigenvalue weighted by molar-refractivity contribution is 0.0539. The molecule has 5 nitrogen and oxygen atoms in total. The zero-order valence-electron chi connectivity index (χ0n) is 21.2. The highest BCUT2D eigenvalue weighted by Crippen LogP contribution is 2.53. The highest BCUT2D eigenvalue weighted by atomic mass is 35.5. The molecule has 1 aliphatic carbocycles. The molecule has 0 spiro atoms. The highest BCUT2D eigenvalue weighted by Gasteiger charge is 2.50. The van der Waals surface area contributed by atoms with Crippen molar-refractivity contribution in [3.8, 4) is 16.9 Å². The second-order valence-corrected chi connectivity index (χ2v) is 11.0. The summed E-state index contributed by atoms with van der Waals surface area (Å²) in [7, 11) is 1.46. The van der Waals surface area contributed by atoms with Crippen molar-refractivity contribution in [3.63, 3.8) is 0 Å². The first kappa shape index (κ1) is 25.3. The monoisotopic (exact) mass is 538 g/mol. The minimum atomic E-state index is -1.04. The Kier molecular flexibility index (Phi) is 6.21. The van der Waals surface area contributed by atoms with Gasteiger partial charge in [-0.2, -0.15) is 0 Å². The van der Waals surface area contributed by atoms with E-state index in [-0.39, 0.29) is 45.0 Å². The van der Waals surface area contributed by atoms with Crippen LogP contribution in [0.5, 0.6) is 5.75 Å². The van der Waals surface area contributed by atoms with Gasteiger partial charge in [-0.25, -0.2) is 8.78 Å². The molecule has 0 bridgehead atoms. The standard InChI is InChI=1S/C30H29ClF2N2O3/c1-15-11-16-12-18(29(37)34-2)25(27(33)23(16)28(15)36)24-19-14-30(22-9-6-10-35-22,17-7-4-3-5-8-17)38-21(19)13-20(32)26(24)31/h3-5,7-8,12-13,15,22,28,35-36H,6,9-11,14H2,1-2H3,(H,34,37)/t15-,22-,28+,30-/m0/s1. The molecule has 3 aromatic carbocycles. The average Bonchev–Trinajstić information content (AvgIpc) is 3.65. The smallest absolute Gasteiger partial charge is 0.251 e. The second kappa shape index (κ2) is 9.33. The van der Waals surface area contributed by atoms with Gasteiger partial charge in [-0.3, -0.25) is 4.79 Å². The molecule has 1 amide bonds. The molecular weight excluding hydrogens is 510 g/mol. The number of hydrogen-bond acceptors (Lipinski definition) is 4. The molecule has 3 aromatic rings. The van der Waals surface area contributed by atoms with Crippen LogP contribution >= 0.6 is 11.6 Å². The van der Waals surface area contributed by atoms with E-state index in [1.165, 1.54) is 13.1 Å². The summed E-state index contributed by atoms with van der Waals surface area (Å²) in [6.07, 6.45) is 1.53. The fraction of sp³-hybridized carbons (Fsp3) is 0.367. The third-order valence-corrected chi connectivity index (χ3v) is 8.76. The Labute approximate surface area is 225 Å². The summed E-state index contributed by atoms with van der Waals surface area (Å²) < 4.78 is 38.5. The van der Waals surface area contributed by atoms with Crippen LogP contribution in [0, 0.1) is 17.6 Å². The lowest BCUT2D eigenvalue weighted by atomic mass is 9.80. The van der Waals surface area contributed by atoms with Crippen LogP contribution in [0.1, 0.15) is 58.5 Å². The maximum atomic E-state index is 16.5. The molecule has 3 N–H and O–H groups in total. The quantitative estimate of drug-likeness (QED) is 0.413. The van der Waals surface area contributed by atoms with Gasteiger partial charge in [0.1, 0.15) is 17.4 Å². The summed E-state index contributed by atoms with van der Waals surface area (Å²) in [6.45, 7) is 2.66. The van der Waals surface area contributed by atoms with Crippen LogP contribution in [0.15, 0.2) is 42.5 Å². The summed E-state index contributed by atoms with van der Waals surface area (Å²) in [4.78, 5) is 13.1. The second-order valence-electron chi connectivity index (χ2n) is 10.6. The summed E-state index contributed by atoms with van der Waals surface area (Å²) in [5, 5.41) is 16.6. The van der Waals surface area contributed by atoms with Crippen LogP contribution in [0.25, 0.3) is 11.1 Å². The van der Waals surface area contributed by atoms with Crippen molar-refractivity contribution in [2.75, 3.05) is 13.6 Å². The van der Waals surface area contributed by atoms with E-state index < -0.39 is 29.2 Å². The van der Waals surface area contributed by atoms with Crippen molar-refractivity contribution < 1.29 is 23.4 Å². The van der Waals surface area contributed by atoms with Gasteiger partial charge >= 0.3 is 0 Å². The van der Waals surface area contributed by atoms with E-state index >= 15 is 8.78 Å². The van der Waals surface area contributed by atoms with Crippen molar-refractivity contribution in [3.05, 3.63) is 86.9 Å². The number of rotatable bonds is 4. The number of benzene rings is 3. The zero-order valence-corrected chi connectivity index (χ0v) is 22.0. The number of nitrogens with one attached hydrogen (secondary N) is 2. The van der Waals surface area contributed by atoms with Gasteiger partial charge in [-0.05, 0) is 48.9 Å². The number of amides is 1. The van der Waals surface area contributed by atoms with Crippen molar-refractivity contribution >= 4 is 17.5 Å². The summed E-state index contributed by atoms with van der Waals surface area (Å²) in [5.74, 6) is -1.97. The van der Waals surface area contributed by atoms with Gasteiger partial charge in [-0.1, -0.05) is 48.9 Å². The van der Waals surface area contributed by atoms with E-state index in [1.807, 2.05) is 37.3 Å². The van der Waals surface area contributed by atoms with Crippen LogP contribution in [0.2, 0.25) is 5.02 Å². The van der Waals surface area contributed by atoms with Crippen LogP contribution < -0.4 is 15.4 Å². The number of carbonyl (C=O) groups excluding carboxylic acids is 1. The maximum absolute atomic E-state index is 16.5. The molecule has 1 fully saturated rings. The van der Waals surface area contributed by atoms with Crippen LogP contribution in [-0.2, 0) is 18.4 Å². The van der Waals surface area contributed by atoms with Crippen molar-refractivity contribution in [2.45, 2.75) is 50.4 Å². The molecule has 1 saturated heterocycles. The first-order chi connectivity index (χ1) is 18.3. The first-order valence-corrected chi connectivity index (χ1v) is 13.4. The Hall–Kier alpha value is -3.00. The predicted molar refractivity (Wildman–Crippen MR) is 141 cm³/mol. The predicted octanol–water partition coefficient (Wildman–Crippen LogP) is 5.45. The molecule has 38 heavy (non-hydrogen) atoms. The van der Waals surface area contributed by atoms with E-state index in [9.17, 15) is 9.90 Å². The van der Waals surface area contributed by atoms with Gasteiger partial charge in [0.15, 0.2) is 5.60 Å². The number of hydrogen-bond donors (Lipinski definition) is 3. The summed E-state index contributed by atoms with van der Waals surface area (Å²) >= 11 is 6.61. The van der Waals surface area contributed by atoms with Crippen molar-refractivity contribution in [2.24, 2.45) is 5.92 Å². The molecular formula is C30H29ClF2N2O3. The molecule has 8 heteroatoms. The van der Waals surface area contributed by atoms with Gasteiger partial charge in [0.2, 0.25) is 0 Å². The molecule has 198 valence electrons. The van der Waals surface area contributed by atoms with Gasteiger partial charge in [0.05, 0.1) is 22.7 Å². The number of fused-ring (bicyclic) bond motifs is 2. The first-order valence-electron chi connectivity index (χ1n) is 13.0. The van der Waals surface area contributed by atoms with Gasteiger partial charge in [0.25, 0.3) is 5.91 Å². The lowest BCUT2D eigenvalue weighted by Gasteiger charge is -2.35.